The molecule has 4 rings (SSSR count). The molecule has 3 aromatic rings. The van der Waals surface area contributed by atoms with Crippen LogP contribution in [0.5, 0.6) is 0 Å². The van der Waals surface area contributed by atoms with E-state index < -0.39 is 12.2 Å². The molecule has 0 bridgehead atoms. The molecule has 2 aromatic carbocycles. The highest BCUT2D eigenvalue weighted by atomic mass is 19.3. The van der Waals surface area contributed by atoms with Crippen LogP contribution in [0.1, 0.15) is 37.2 Å². The third kappa shape index (κ3) is 4.91. The maximum Gasteiger partial charge on any atom is 0.297 e. The summed E-state index contributed by atoms with van der Waals surface area (Å²) < 4.78 is 32.1. The van der Waals surface area contributed by atoms with Crippen LogP contribution in [0.2, 0.25) is 0 Å². The Balaban J connectivity index is 1.43. The van der Waals surface area contributed by atoms with Crippen molar-refractivity contribution < 1.29 is 13.5 Å². The van der Waals surface area contributed by atoms with Crippen LogP contribution in [0.15, 0.2) is 48.5 Å². The average molecular weight is 412 g/mol. The van der Waals surface area contributed by atoms with Gasteiger partial charge in [-0.3, -0.25) is 4.90 Å². The highest BCUT2D eigenvalue weighted by molar-refractivity contribution is 5.89. The second kappa shape index (κ2) is 9.02. The lowest BCUT2D eigenvalue weighted by Gasteiger charge is -2.35. The van der Waals surface area contributed by atoms with E-state index in [4.69, 9.17) is 4.74 Å². The van der Waals surface area contributed by atoms with Crippen molar-refractivity contribution in [3.63, 3.8) is 0 Å². The molecular weight excluding hydrogens is 386 g/mol. The molecule has 1 aromatic heterocycles. The van der Waals surface area contributed by atoms with Gasteiger partial charge in [-0.2, -0.15) is 0 Å². The quantitative estimate of drug-likeness (QED) is 0.631. The molecule has 2 heterocycles. The van der Waals surface area contributed by atoms with Gasteiger partial charge in [0.2, 0.25) is 0 Å². The number of benzene rings is 2. The van der Waals surface area contributed by atoms with E-state index >= 15 is 0 Å². The summed E-state index contributed by atoms with van der Waals surface area (Å²) in [6.07, 6.45) is -2.21. The molecule has 0 radical (unpaired) electrons. The molecule has 2 atom stereocenters. The Labute approximate surface area is 175 Å². The number of ether oxygens (including phenoxy) is 1. The van der Waals surface area contributed by atoms with Gasteiger partial charge in [-0.25, -0.2) is 18.7 Å². The predicted octanol–water partition coefficient (Wildman–Crippen LogP) is 4.79. The molecule has 0 saturated carbocycles. The summed E-state index contributed by atoms with van der Waals surface area (Å²) in [5.41, 5.74) is 2.81. The summed E-state index contributed by atoms with van der Waals surface area (Å²) in [5.74, 6) is -0.0308. The summed E-state index contributed by atoms with van der Waals surface area (Å²) >= 11 is 0. The van der Waals surface area contributed by atoms with E-state index in [-0.39, 0.29) is 12.2 Å². The van der Waals surface area contributed by atoms with Gasteiger partial charge in [0.15, 0.2) is 5.82 Å². The van der Waals surface area contributed by atoms with Gasteiger partial charge >= 0.3 is 0 Å². The number of nitrogens with zero attached hydrogens (tertiary/aromatic N) is 3. The normalized spacial score (nSPS) is 20.0. The van der Waals surface area contributed by atoms with Crippen molar-refractivity contribution in [2.75, 3.05) is 18.4 Å². The third-order valence-corrected chi connectivity index (χ3v) is 5.20. The Hall–Kier alpha value is -2.64. The van der Waals surface area contributed by atoms with Crippen LogP contribution in [0.25, 0.3) is 10.9 Å². The highest BCUT2D eigenvalue weighted by Gasteiger charge is 2.22. The number of halogens is 2. The minimum atomic E-state index is -2.71. The first-order valence-electron chi connectivity index (χ1n) is 10.2. The van der Waals surface area contributed by atoms with Gasteiger partial charge in [-0.1, -0.05) is 36.4 Å². The zero-order valence-electron chi connectivity index (χ0n) is 17.2. The minimum Gasteiger partial charge on any atom is -0.373 e. The van der Waals surface area contributed by atoms with E-state index in [0.29, 0.717) is 17.9 Å². The zero-order chi connectivity index (χ0) is 21.1. The topological polar surface area (TPSA) is 50.3 Å². The number of anilines is 1. The van der Waals surface area contributed by atoms with Crippen LogP contribution in [-0.2, 0) is 17.8 Å². The van der Waals surface area contributed by atoms with Crippen molar-refractivity contribution >= 4 is 16.7 Å². The van der Waals surface area contributed by atoms with Gasteiger partial charge in [0.1, 0.15) is 5.82 Å². The third-order valence-electron chi connectivity index (χ3n) is 5.20. The molecule has 0 spiro atoms. The van der Waals surface area contributed by atoms with Crippen LogP contribution in [0.4, 0.5) is 14.6 Å². The maximum atomic E-state index is 13.2. The molecule has 2 unspecified atom stereocenters. The number of hydrogen-bond acceptors (Lipinski definition) is 5. The summed E-state index contributed by atoms with van der Waals surface area (Å²) in [5, 5.41) is 3.93. The molecule has 1 N–H and O–H groups in total. The van der Waals surface area contributed by atoms with Gasteiger partial charge in [-0.15, -0.1) is 0 Å². The second-order valence-corrected chi connectivity index (χ2v) is 7.87. The van der Waals surface area contributed by atoms with E-state index in [2.05, 4.69) is 58.3 Å². The Kier molecular flexibility index (Phi) is 6.20. The largest absolute Gasteiger partial charge is 0.373 e. The summed E-state index contributed by atoms with van der Waals surface area (Å²) in [7, 11) is 0. The lowest BCUT2D eigenvalue weighted by Crippen LogP contribution is -2.44. The number of fused-ring (bicyclic) bond motifs is 1. The fourth-order valence-corrected chi connectivity index (χ4v) is 3.95. The van der Waals surface area contributed by atoms with Crippen molar-refractivity contribution in [3.8, 4) is 0 Å². The van der Waals surface area contributed by atoms with Crippen molar-refractivity contribution in [3.05, 3.63) is 65.5 Å². The molecule has 1 aliphatic rings. The first kappa shape index (κ1) is 20.6. The molecule has 7 heteroatoms. The Morgan fingerprint density at radius 1 is 1.00 bits per heavy atom. The molecule has 1 aliphatic heterocycles. The van der Waals surface area contributed by atoms with Crippen molar-refractivity contribution in [1.29, 1.82) is 0 Å². The van der Waals surface area contributed by atoms with Gasteiger partial charge in [0.25, 0.3) is 6.43 Å². The number of alkyl halides is 2. The van der Waals surface area contributed by atoms with Gasteiger partial charge in [0.05, 0.1) is 17.7 Å². The Morgan fingerprint density at radius 3 is 2.37 bits per heavy atom. The lowest BCUT2D eigenvalue weighted by atomic mass is 10.1. The summed E-state index contributed by atoms with van der Waals surface area (Å²) in [6, 6.07) is 15.5. The van der Waals surface area contributed by atoms with Crippen molar-refractivity contribution in [2.24, 2.45) is 0 Å². The fourth-order valence-electron chi connectivity index (χ4n) is 3.95. The monoisotopic (exact) mass is 412 g/mol. The summed E-state index contributed by atoms with van der Waals surface area (Å²) in [6.45, 7) is 7.46. The average Bonchev–Trinajstić information content (AvgIpc) is 2.72. The predicted molar refractivity (Wildman–Crippen MR) is 114 cm³/mol. The van der Waals surface area contributed by atoms with E-state index in [1.807, 2.05) is 12.1 Å². The molecule has 0 aliphatic carbocycles. The standard InChI is InChI=1S/C23H26F2N4O/c1-15-12-29(13-16(2)30-15)14-18-9-7-17(8-10-18)11-26-22-19-5-3-4-6-20(19)27-23(28-22)21(24)25/h3-10,15-16,21H,11-14H2,1-2H3,(H,26,27,28). The first-order chi connectivity index (χ1) is 14.5. The van der Waals surface area contributed by atoms with E-state index in [0.717, 1.165) is 30.6 Å². The van der Waals surface area contributed by atoms with Gasteiger partial charge < -0.3 is 10.1 Å². The van der Waals surface area contributed by atoms with E-state index in [1.54, 1.807) is 12.1 Å². The number of para-hydroxylation sites is 1. The van der Waals surface area contributed by atoms with Crippen molar-refractivity contribution in [2.45, 2.75) is 45.6 Å². The molecular formula is C23H26F2N4O. The van der Waals surface area contributed by atoms with Gasteiger partial charge in [-0.05, 0) is 37.1 Å². The minimum absolute atomic E-state index is 0.248. The number of hydrogen-bond donors (Lipinski definition) is 1. The smallest absolute Gasteiger partial charge is 0.297 e. The van der Waals surface area contributed by atoms with Crippen LogP contribution in [0, 0.1) is 0 Å². The number of aromatic nitrogens is 2. The summed E-state index contributed by atoms with van der Waals surface area (Å²) in [4.78, 5) is 10.4. The Morgan fingerprint density at radius 2 is 1.67 bits per heavy atom. The van der Waals surface area contributed by atoms with Crippen molar-refractivity contribution in [1.82, 2.24) is 14.9 Å². The Bertz CT molecular complexity index is 986. The molecule has 30 heavy (non-hydrogen) atoms. The van der Waals surface area contributed by atoms with Crippen LogP contribution in [0.3, 0.4) is 0 Å². The van der Waals surface area contributed by atoms with E-state index in [9.17, 15) is 8.78 Å². The maximum absolute atomic E-state index is 13.2. The van der Waals surface area contributed by atoms with E-state index in [1.165, 1.54) is 5.56 Å². The SMILES string of the molecule is CC1CN(Cc2ccc(CNc3nc(C(F)F)nc4ccccc34)cc2)CC(C)O1. The number of nitrogens with one attached hydrogen (secondary N) is 1. The number of morpholine rings is 1. The molecule has 1 saturated heterocycles. The first-order valence-corrected chi connectivity index (χ1v) is 10.2. The second-order valence-electron chi connectivity index (χ2n) is 7.87. The van der Waals surface area contributed by atoms with Crippen LogP contribution >= 0.6 is 0 Å². The van der Waals surface area contributed by atoms with Crippen LogP contribution in [-0.4, -0.2) is 40.2 Å². The van der Waals surface area contributed by atoms with Crippen LogP contribution < -0.4 is 5.32 Å². The molecule has 5 nitrogen and oxygen atoms in total. The molecule has 0 amide bonds. The molecule has 1 fully saturated rings. The zero-order valence-corrected chi connectivity index (χ0v) is 17.2. The van der Waals surface area contributed by atoms with Gasteiger partial charge in [0, 0.05) is 31.6 Å². The lowest BCUT2D eigenvalue weighted by molar-refractivity contribution is -0.0704. The number of rotatable bonds is 6. The molecule has 158 valence electrons. The highest BCUT2D eigenvalue weighted by Crippen LogP contribution is 2.25. The fraction of sp³-hybridized carbons (Fsp3) is 0.391.